The number of hydrogen-bond acceptors (Lipinski definition) is 5. The van der Waals surface area contributed by atoms with Gasteiger partial charge in [-0.25, -0.2) is 14.6 Å². The SMILES string of the molecule is COc1ccc(N2C(=O)C(=O)N(CC(=O)c3cc(C)n(CCC4=CCCCC4)c3C)C2=O)cc1. The van der Waals surface area contributed by atoms with Crippen molar-refractivity contribution in [2.75, 3.05) is 18.6 Å². The number of aryl methyl sites for hydroxylation is 1. The van der Waals surface area contributed by atoms with Gasteiger partial charge in [-0.3, -0.25) is 14.4 Å². The van der Waals surface area contributed by atoms with Gasteiger partial charge in [-0.1, -0.05) is 11.6 Å². The number of ketones is 1. The van der Waals surface area contributed by atoms with Gasteiger partial charge >= 0.3 is 17.8 Å². The summed E-state index contributed by atoms with van der Waals surface area (Å²) in [6.45, 7) is 4.12. The van der Waals surface area contributed by atoms with Gasteiger partial charge in [0.25, 0.3) is 0 Å². The quantitative estimate of drug-likeness (QED) is 0.254. The lowest BCUT2D eigenvalue weighted by molar-refractivity contribution is -0.139. The Morgan fingerprint density at radius 2 is 1.76 bits per heavy atom. The highest BCUT2D eigenvalue weighted by Crippen LogP contribution is 2.26. The first kappa shape index (κ1) is 23.5. The number of Topliss-reactive ketones (excluding diaryl/α,β-unsaturated/α-hetero) is 1. The largest absolute Gasteiger partial charge is 0.497 e. The first-order valence-electron chi connectivity index (χ1n) is 11.5. The molecule has 0 bridgehead atoms. The molecule has 4 rings (SSSR count). The standard InChI is InChI=1S/C26H29N3O5/c1-17-15-22(18(2)27(17)14-13-19-7-5-4-6-8-19)23(30)16-28-24(31)25(32)29(26(28)33)20-9-11-21(34-3)12-10-20/h7,9-12,15H,4-6,8,13-14,16H2,1-3H3. The fourth-order valence-electron chi connectivity index (χ4n) is 4.65. The van der Waals surface area contributed by atoms with Gasteiger partial charge in [-0.2, -0.15) is 0 Å². The van der Waals surface area contributed by atoms with E-state index >= 15 is 0 Å². The molecular weight excluding hydrogens is 434 g/mol. The van der Waals surface area contributed by atoms with E-state index < -0.39 is 24.4 Å². The van der Waals surface area contributed by atoms with E-state index in [9.17, 15) is 19.2 Å². The summed E-state index contributed by atoms with van der Waals surface area (Å²) in [4.78, 5) is 52.6. The number of allylic oxidation sites excluding steroid dienone is 2. The van der Waals surface area contributed by atoms with Crippen molar-refractivity contribution in [1.29, 1.82) is 0 Å². The number of rotatable bonds is 8. The number of methoxy groups -OCH3 is 1. The van der Waals surface area contributed by atoms with Gasteiger partial charge in [0.15, 0.2) is 5.78 Å². The number of aromatic nitrogens is 1. The normalized spacial score (nSPS) is 16.3. The van der Waals surface area contributed by atoms with E-state index in [0.29, 0.717) is 16.2 Å². The van der Waals surface area contributed by atoms with E-state index in [2.05, 4.69) is 10.6 Å². The summed E-state index contributed by atoms with van der Waals surface area (Å²) in [5.41, 5.74) is 3.92. The van der Waals surface area contributed by atoms with Crippen molar-refractivity contribution in [1.82, 2.24) is 9.47 Å². The molecule has 1 saturated heterocycles. The minimum atomic E-state index is -1.01. The average Bonchev–Trinajstić information content (AvgIpc) is 3.25. The lowest BCUT2D eigenvalue weighted by atomic mass is 9.97. The molecule has 2 heterocycles. The Morgan fingerprint density at radius 1 is 1.03 bits per heavy atom. The van der Waals surface area contributed by atoms with Crippen LogP contribution in [-0.4, -0.2) is 46.8 Å². The smallest absolute Gasteiger partial charge is 0.339 e. The molecular formula is C26H29N3O5. The van der Waals surface area contributed by atoms with Crippen molar-refractivity contribution in [3.8, 4) is 5.75 Å². The topological polar surface area (TPSA) is 88.9 Å². The van der Waals surface area contributed by atoms with Crippen LogP contribution in [0.15, 0.2) is 42.0 Å². The zero-order valence-electron chi connectivity index (χ0n) is 19.8. The number of carbonyl (C=O) groups is 4. The first-order chi connectivity index (χ1) is 16.3. The van der Waals surface area contributed by atoms with Crippen molar-refractivity contribution in [3.05, 3.63) is 58.9 Å². The molecule has 1 aromatic carbocycles. The second kappa shape index (κ2) is 9.67. The van der Waals surface area contributed by atoms with Gasteiger partial charge in [0, 0.05) is 23.5 Å². The van der Waals surface area contributed by atoms with Crippen LogP contribution in [0.4, 0.5) is 10.5 Å². The summed E-state index contributed by atoms with van der Waals surface area (Å²) in [5, 5.41) is 0. The molecule has 4 amide bonds. The first-order valence-corrected chi connectivity index (χ1v) is 11.5. The molecule has 0 spiro atoms. The van der Waals surface area contributed by atoms with Gasteiger partial charge in [-0.05, 0) is 76.3 Å². The van der Waals surface area contributed by atoms with E-state index in [1.807, 2.05) is 13.8 Å². The third-order valence-corrected chi connectivity index (χ3v) is 6.60. The molecule has 0 atom stereocenters. The molecule has 1 fully saturated rings. The van der Waals surface area contributed by atoms with Crippen LogP contribution < -0.4 is 9.64 Å². The molecule has 1 aliphatic heterocycles. The lowest BCUT2D eigenvalue weighted by Crippen LogP contribution is -2.37. The number of ether oxygens (including phenoxy) is 1. The van der Waals surface area contributed by atoms with E-state index in [-0.39, 0.29) is 11.5 Å². The Kier molecular flexibility index (Phi) is 6.68. The van der Waals surface area contributed by atoms with E-state index in [1.165, 1.54) is 37.7 Å². The number of nitrogens with zero attached hydrogens (tertiary/aromatic N) is 3. The van der Waals surface area contributed by atoms with Crippen LogP contribution in [0.25, 0.3) is 0 Å². The third-order valence-electron chi connectivity index (χ3n) is 6.60. The number of imide groups is 2. The summed E-state index contributed by atoms with van der Waals surface area (Å²) in [6, 6.07) is 7.18. The second-order valence-electron chi connectivity index (χ2n) is 8.73. The number of carbonyl (C=O) groups excluding carboxylic acids is 4. The summed E-state index contributed by atoms with van der Waals surface area (Å²) in [6.07, 6.45) is 7.99. The maximum atomic E-state index is 13.1. The third kappa shape index (κ3) is 4.40. The Morgan fingerprint density at radius 3 is 2.41 bits per heavy atom. The van der Waals surface area contributed by atoms with Crippen molar-refractivity contribution in [2.45, 2.75) is 52.5 Å². The van der Waals surface area contributed by atoms with Gasteiger partial charge < -0.3 is 9.30 Å². The molecule has 8 heteroatoms. The molecule has 1 aromatic heterocycles. The maximum absolute atomic E-state index is 13.1. The van der Waals surface area contributed by atoms with Crippen LogP contribution in [0.3, 0.4) is 0 Å². The lowest BCUT2D eigenvalue weighted by Gasteiger charge is -2.16. The monoisotopic (exact) mass is 463 g/mol. The Hall–Kier alpha value is -3.68. The van der Waals surface area contributed by atoms with Gasteiger partial charge in [0.2, 0.25) is 0 Å². The number of hydrogen-bond donors (Lipinski definition) is 0. The van der Waals surface area contributed by atoms with Gasteiger partial charge in [0.1, 0.15) is 5.75 Å². The average molecular weight is 464 g/mol. The van der Waals surface area contributed by atoms with Crippen LogP contribution in [0, 0.1) is 13.8 Å². The van der Waals surface area contributed by atoms with Crippen molar-refractivity contribution < 1.29 is 23.9 Å². The van der Waals surface area contributed by atoms with Gasteiger partial charge in [0.05, 0.1) is 19.3 Å². The summed E-state index contributed by atoms with van der Waals surface area (Å²) < 4.78 is 7.19. The Labute approximate surface area is 198 Å². The molecule has 8 nitrogen and oxygen atoms in total. The Balaban J connectivity index is 1.48. The number of benzene rings is 1. The fraction of sp³-hybridized carbons (Fsp3) is 0.385. The van der Waals surface area contributed by atoms with Gasteiger partial charge in [-0.15, -0.1) is 0 Å². The van der Waals surface area contributed by atoms with E-state index in [0.717, 1.165) is 42.1 Å². The number of urea groups is 1. The zero-order valence-corrected chi connectivity index (χ0v) is 19.8. The van der Waals surface area contributed by atoms with Crippen LogP contribution >= 0.6 is 0 Å². The molecule has 1 aliphatic carbocycles. The second-order valence-corrected chi connectivity index (χ2v) is 8.73. The van der Waals surface area contributed by atoms with Crippen LogP contribution in [0.2, 0.25) is 0 Å². The predicted octanol–water partition coefficient (Wildman–Crippen LogP) is 4.18. The molecule has 2 aliphatic rings. The highest BCUT2D eigenvalue weighted by molar-refractivity contribution is 6.53. The highest BCUT2D eigenvalue weighted by Gasteiger charge is 2.46. The van der Waals surface area contributed by atoms with Crippen molar-refractivity contribution in [3.63, 3.8) is 0 Å². The maximum Gasteiger partial charge on any atom is 0.339 e. The van der Waals surface area contributed by atoms with Crippen LogP contribution in [-0.2, 0) is 16.1 Å². The number of amides is 4. The van der Waals surface area contributed by atoms with Crippen molar-refractivity contribution in [2.24, 2.45) is 0 Å². The number of anilines is 1. The minimum absolute atomic E-state index is 0.245. The predicted molar refractivity (Wildman–Crippen MR) is 127 cm³/mol. The molecule has 2 aromatic rings. The minimum Gasteiger partial charge on any atom is -0.497 e. The van der Waals surface area contributed by atoms with Crippen LogP contribution in [0.5, 0.6) is 5.75 Å². The molecule has 178 valence electrons. The Bertz CT molecular complexity index is 1180. The molecule has 0 saturated carbocycles. The molecule has 34 heavy (non-hydrogen) atoms. The molecule has 0 N–H and O–H groups in total. The highest BCUT2D eigenvalue weighted by atomic mass is 16.5. The molecule has 0 unspecified atom stereocenters. The molecule has 0 radical (unpaired) electrons. The van der Waals surface area contributed by atoms with Crippen LogP contribution in [0.1, 0.15) is 53.8 Å². The van der Waals surface area contributed by atoms with Crippen molar-refractivity contribution >= 4 is 29.3 Å². The summed E-state index contributed by atoms with van der Waals surface area (Å²) in [7, 11) is 1.50. The van der Waals surface area contributed by atoms with E-state index in [4.69, 9.17) is 4.74 Å². The van der Waals surface area contributed by atoms with E-state index in [1.54, 1.807) is 18.2 Å². The zero-order chi connectivity index (χ0) is 24.4. The summed E-state index contributed by atoms with van der Waals surface area (Å²) in [5.74, 6) is -1.81. The fourth-order valence-corrected chi connectivity index (χ4v) is 4.65. The summed E-state index contributed by atoms with van der Waals surface area (Å²) >= 11 is 0.